The predicted octanol–water partition coefficient (Wildman–Crippen LogP) is 1.36. The molecule has 2 atom stereocenters. The van der Waals surface area contributed by atoms with Crippen LogP contribution in [0.5, 0.6) is 0 Å². The van der Waals surface area contributed by atoms with Crippen LogP contribution in [0.4, 0.5) is 0 Å². The van der Waals surface area contributed by atoms with Crippen LogP contribution < -0.4 is 0 Å². The number of ether oxygens (including phenoxy) is 1. The van der Waals surface area contributed by atoms with Crippen molar-refractivity contribution in [1.29, 1.82) is 0 Å². The summed E-state index contributed by atoms with van der Waals surface area (Å²) in [6.45, 7) is 0. The summed E-state index contributed by atoms with van der Waals surface area (Å²) in [5.74, 6) is -0.128. The number of hydrogen-bond acceptors (Lipinski definition) is 3. The number of alkyl halides is 1. The van der Waals surface area contributed by atoms with Gasteiger partial charge in [0.1, 0.15) is 5.94 Å². The van der Waals surface area contributed by atoms with Crippen LogP contribution in [-0.2, 0) is 14.6 Å². The Kier molecular flexibility index (Phi) is 3.78. The zero-order chi connectivity index (χ0) is 9.19. The average molecular weight is 304 g/mol. The van der Waals surface area contributed by atoms with Crippen LogP contribution in [-0.4, -0.2) is 30.6 Å². The Morgan fingerprint density at radius 1 is 1.50 bits per heavy atom. The third-order valence-corrected chi connectivity index (χ3v) is 3.86. The van der Waals surface area contributed by atoms with Crippen molar-refractivity contribution >= 4 is 32.4 Å². The van der Waals surface area contributed by atoms with Crippen molar-refractivity contribution in [3.63, 3.8) is 0 Å². The van der Waals surface area contributed by atoms with Crippen molar-refractivity contribution in [2.24, 2.45) is 0 Å². The van der Waals surface area contributed by atoms with E-state index in [1.165, 1.54) is 6.26 Å². The minimum atomic E-state index is -2.96. The molecule has 0 saturated heterocycles. The van der Waals surface area contributed by atoms with Gasteiger partial charge in [-0.2, -0.15) is 0 Å². The van der Waals surface area contributed by atoms with Crippen LogP contribution in [0.3, 0.4) is 0 Å². The second kappa shape index (κ2) is 4.23. The lowest BCUT2D eigenvalue weighted by molar-refractivity contribution is 0.0988. The van der Waals surface area contributed by atoms with Gasteiger partial charge in [-0.05, 0) is 19.3 Å². The van der Waals surface area contributed by atoms with Gasteiger partial charge in [-0.25, -0.2) is 8.42 Å². The zero-order valence-corrected chi connectivity index (χ0v) is 9.97. The minimum absolute atomic E-state index is 0.128. The SMILES string of the molecule is CS(=O)(=O)CO[C@H]1CCC[C@@H]1I. The van der Waals surface area contributed by atoms with Crippen molar-refractivity contribution < 1.29 is 13.2 Å². The molecule has 0 aromatic rings. The Morgan fingerprint density at radius 2 is 2.17 bits per heavy atom. The van der Waals surface area contributed by atoms with Gasteiger partial charge < -0.3 is 4.74 Å². The number of hydrogen-bond donors (Lipinski definition) is 0. The summed E-state index contributed by atoms with van der Waals surface area (Å²) in [6.07, 6.45) is 4.66. The Bertz CT molecular complexity index is 237. The molecule has 3 nitrogen and oxygen atoms in total. The first-order valence-corrected chi connectivity index (χ1v) is 7.23. The van der Waals surface area contributed by atoms with E-state index in [1.807, 2.05) is 0 Å². The number of rotatable bonds is 3. The Hall–Kier alpha value is 0.640. The molecule has 72 valence electrons. The van der Waals surface area contributed by atoms with E-state index in [0.29, 0.717) is 3.92 Å². The lowest BCUT2D eigenvalue weighted by atomic mass is 10.3. The first-order chi connectivity index (χ1) is 5.49. The molecule has 0 aliphatic heterocycles. The highest BCUT2D eigenvalue weighted by molar-refractivity contribution is 14.1. The van der Waals surface area contributed by atoms with Gasteiger partial charge in [0.2, 0.25) is 0 Å². The maximum atomic E-state index is 10.8. The number of halogens is 1. The van der Waals surface area contributed by atoms with Crippen molar-refractivity contribution in [2.75, 3.05) is 12.2 Å². The third-order valence-electron chi connectivity index (χ3n) is 1.87. The van der Waals surface area contributed by atoms with E-state index in [1.54, 1.807) is 0 Å². The normalized spacial score (nSPS) is 30.8. The number of sulfone groups is 1. The second-order valence-corrected chi connectivity index (χ2v) is 6.88. The second-order valence-electron chi connectivity index (χ2n) is 3.20. The van der Waals surface area contributed by atoms with Gasteiger partial charge >= 0.3 is 0 Å². The van der Waals surface area contributed by atoms with E-state index < -0.39 is 9.84 Å². The maximum absolute atomic E-state index is 10.8. The first-order valence-electron chi connectivity index (χ1n) is 3.92. The van der Waals surface area contributed by atoms with E-state index in [4.69, 9.17) is 4.74 Å². The minimum Gasteiger partial charge on any atom is -0.361 e. The van der Waals surface area contributed by atoms with E-state index in [0.717, 1.165) is 19.3 Å². The molecule has 0 bridgehead atoms. The molecule has 12 heavy (non-hydrogen) atoms. The van der Waals surface area contributed by atoms with E-state index in [9.17, 15) is 8.42 Å². The van der Waals surface area contributed by atoms with Gasteiger partial charge in [0.05, 0.1) is 6.10 Å². The monoisotopic (exact) mass is 304 g/mol. The third kappa shape index (κ3) is 3.57. The summed E-state index contributed by atoms with van der Waals surface area (Å²) in [5.41, 5.74) is 0. The molecule has 0 heterocycles. The van der Waals surface area contributed by atoms with Crippen LogP contribution in [0, 0.1) is 0 Å². The fourth-order valence-electron chi connectivity index (χ4n) is 1.28. The highest BCUT2D eigenvalue weighted by atomic mass is 127. The molecule has 0 aromatic heterocycles. The van der Waals surface area contributed by atoms with E-state index in [-0.39, 0.29) is 12.0 Å². The fourth-order valence-corrected chi connectivity index (χ4v) is 2.71. The fraction of sp³-hybridized carbons (Fsp3) is 1.00. The molecule has 0 radical (unpaired) electrons. The summed E-state index contributed by atoms with van der Waals surface area (Å²) in [4.78, 5) is 0. The van der Waals surface area contributed by atoms with Gasteiger partial charge in [0.15, 0.2) is 9.84 Å². The lowest BCUT2D eigenvalue weighted by Crippen LogP contribution is -2.21. The maximum Gasteiger partial charge on any atom is 0.171 e. The predicted molar refractivity (Wildman–Crippen MR) is 56.2 cm³/mol. The van der Waals surface area contributed by atoms with Gasteiger partial charge in [0, 0.05) is 10.2 Å². The summed E-state index contributed by atoms with van der Waals surface area (Å²) >= 11 is 2.33. The zero-order valence-electron chi connectivity index (χ0n) is 6.99. The molecule has 5 heteroatoms. The van der Waals surface area contributed by atoms with Gasteiger partial charge in [-0.3, -0.25) is 0 Å². The van der Waals surface area contributed by atoms with E-state index >= 15 is 0 Å². The molecule has 0 N–H and O–H groups in total. The smallest absolute Gasteiger partial charge is 0.171 e. The summed E-state index contributed by atoms with van der Waals surface area (Å²) in [6, 6.07) is 0. The quantitative estimate of drug-likeness (QED) is 0.584. The summed E-state index contributed by atoms with van der Waals surface area (Å²) < 4.78 is 27.3. The molecule has 0 unspecified atom stereocenters. The largest absolute Gasteiger partial charge is 0.361 e. The van der Waals surface area contributed by atoms with Crippen LogP contribution in [0.15, 0.2) is 0 Å². The van der Waals surface area contributed by atoms with E-state index in [2.05, 4.69) is 22.6 Å². The van der Waals surface area contributed by atoms with Gasteiger partial charge in [-0.15, -0.1) is 0 Å². The molecule has 0 aromatic carbocycles. The van der Waals surface area contributed by atoms with Crippen LogP contribution in [0.1, 0.15) is 19.3 Å². The molecule has 1 aliphatic carbocycles. The molecule has 0 amide bonds. The molecule has 1 fully saturated rings. The molecule has 0 spiro atoms. The highest BCUT2D eigenvalue weighted by Gasteiger charge is 2.26. The summed E-state index contributed by atoms with van der Waals surface area (Å²) in [7, 11) is -2.96. The van der Waals surface area contributed by atoms with Crippen molar-refractivity contribution in [3.8, 4) is 0 Å². The van der Waals surface area contributed by atoms with Crippen molar-refractivity contribution in [3.05, 3.63) is 0 Å². The van der Waals surface area contributed by atoms with Crippen LogP contribution in [0.2, 0.25) is 0 Å². The molecule has 1 rings (SSSR count). The first kappa shape index (κ1) is 10.7. The van der Waals surface area contributed by atoms with Crippen molar-refractivity contribution in [2.45, 2.75) is 29.3 Å². The average Bonchev–Trinajstić information content (AvgIpc) is 2.29. The Morgan fingerprint density at radius 3 is 2.58 bits per heavy atom. The molecule has 1 saturated carbocycles. The van der Waals surface area contributed by atoms with Crippen LogP contribution in [0.25, 0.3) is 0 Å². The Balaban J connectivity index is 2.32. The highest BCUT2D eigenvalue weighted by Crippen LogP contribution is 2.28. The topological polar surface area (TPSA) is 43.4 Å². The molecule has 1 aliphatic rings. The van der Waals surface area contributed by atoms with Gasteiger partial charge in [0.25, 0.3) is 0 Å². The van der Waals surface area contributed by atoms with Crippen LogP contribution >= 0.6 is 22.6 Å². The summed E-state index contributed by atoms with van der Waals surface area (Å²) in [5, 5.41) is 0. The standard InChI is InChI=1S/C7H13IO3S/c1-12(9,10)5-11-7-4-2-3-6(7)8/h6-7H,2-5H2,1H3/t6-,7-/m0/s1. The van der Waals surface area contributed by atoms with Crippen molar-refractivity contribution in [1.82, 2.24) is 0 Å². The molecular weight excluding hydrogens is 291 g/mol. The Labute approximate surface area is 86.9 Å². The lowest BCUT2D eigenvalue weighted by Gasteiger charge is -2.13. The molecular formula is C7H13IO3S. The van der Waals surface area contributed by atoms with Gasteiger partial charge in [-0.1, -0.05) is 22.6 Å².